The number of nitrogens with one attached hydrogen (secondary N) is 3. The molecule has 2 aromatic rings. The van der Waals surface area contributed by atoms with Crippen molar-refractivity contribution in [2.24, 2.45) is 0 Å². The Bertz CT molecular complexity index is 906. The minimum Gasteiger partial charge on any atom is -0.343 e. The van der Waals surface area contributed by atoms with E-state index in [9.17, 15) is 14.4 Å². The molecule has 2 aromatic carbocycles. The first-order valence-electron chi connectivity index (χ1n) is 10.2. The van der Waals surface area contributed by atoms with Gasteiger partial charge in [-0.2, -0.15) is 0 Å². The number of nitrogens with zero attached hydrogens (tertiary/aromatic N) is 1. The molecule has 7 heteroatoms. The molecule has 0 bridgehead atoms. The van der Waals surface area contributed by atoms with Crippen molar-refractivity contribution in [2.75, 3.05) is 25.0 Å². The van der Waals surface area contributed by atoms with E-state index in [1.807, 2.05) is 56.3 Å². The van der Waals surface area contributed by atoms with Crippen molar-refractivity contribution >= 4 is 23.5 Å². The van der Waals surface area contributed by atoms with E-state index in [-0.39, 0.29) is 30.4 Å². The molecule has 0 unspecified atom stereocenters. The number of anilines is 1. The lowest BCUT2D eigenvalue weighted by Gasteiger charge is -2.32. The van der Waals surface area contributed by atoms with Crippen LogP contribution in [0.1, 0.15) is 34.3 Å². The van der Waals surface area contributed by atoms with Gasteiger partial charge < -0.3 is 20.9 Å². The van der Waals surface area contributed by atoms with Crippen LogP contribution in [-0.2, 0) is 4.79 Å². The van der Waals surface area contributed by atoms with Gasteiger partial charge in [0.05, 0.1) is 6.54 Å². The average molecular weight is 409 g/mol. The van der Waals surface area contributed by atoms with E-state index in [4.69, 9.17) is 0 Å². The van der Waals surface area contributed by atoms with E-state index in [0.29, 0.717) is 31.5 Å². The zero-order chi connectivity index (χ0) is 21.5. The quantitative estimate of drug-likeness (QED) is 0.711. The molecular formula is C23H28N4O3. The Hall–Kier alpha value is -3.35. The van der Waals surface area contributed by atoms with Crippen LogP contribution in [0.25, 0.3) is 0 Å². The molecule has 1 saturated heterocycles. The van der Waals surface area contributed by atoms with Crippen molar-refractivity contribution in [3.63, 3.8) is 0 Å². The Morgan fingerprint density at radius 3 is 2.33 bits per heavy atom. The van der Waals surface area contributed by atoms with E-state index in [1.54, 1.807) is 11.0 Å². The molecule has 1 aliphatic heterocycles. The molecule has 0 atom stereocenters. The molecule has 0 aliphatic carbocycles. The normalized spacial score (nSPS) is 14.1. The molecule has 158 valence electrons. The summed E-state index contributed by atoms with van der Waals surface area (Å²) in [5.74, 6) is -0.361. The van der Waals surface area contributed by atoms with E-state index >= 15 is 0 Å². The van der Waals surface area contributed by atoms with Gasteiger partial charge >= 0.3 is 6.03 Å². The summed E-state index contributed by atoms with van der Waals surface area (Å²) >= 11 is 0. The first kappa shape index (κ1) is 21.4. The summed E-state index contributed by atoms with van der Waals surface area (Å²) in [5.41, 5.74) is 3.46. The standard InChI is InChI=1S/C23H28N4O3/c1-16-8-9-18(14-17(16)2)22(29)24-15-21(28)27-12-10-20(11-13-27)26-23(30)25-19-6-4-3-5-7-19/h3-9,14,20H,10-13,15H2,1-2H3,(H,24,29)(H2,25,26,30). The molecule has 0 spiro atoms. The third kappa shape index (κ3) is 5.83. The average Bonchev–Trinajstić information content (AvgIpc) is 2.75. The minimum absolute atomic E-state index is 0.0166. The van der Waals surface area contributed by atoms with Gasteiger partial charge in [0.25, 0.3) is 5.91 Å². The van der Waals surface area contributed by atoms with Gasteiger partial charge in [0.1, 0.15) is 0 Å². The van der Waals surface area contributed by atoms with E-state index < -0.39 is 0 Å². The summed E-state index contributed by atoms with van der Waals surface area (Å²) in [6.45, 7) is 5.02. The van der Waals surface area contributed by atoms with Crippen molar-refractivity contribution < 1.29 is 14.4 Å². The fourth-order valence-electron chi connectivity index (χ4n) is 3.40. The molecule has 30 heavy (non-hydrogen) atoms. The number of carbonyl (C=O) groups is 3. The van der Waals surface area contributed by atoms with Crippen LogP contribution < -0.4 is 16.0 Å². The van der Waals surface area contributed by atoms with Crippen LogP contribution in [0.2, 0.25) is 0 Å². The Labute approximate surface area is 176 Å². The number of rotatable bonds is 5. The van der Waals surface area contributed by atoms with Crippen LogP contribution >= 0.6 is 0 Å². The van der Waals surface area contributed by atoms with Gasteiger partial charge in [-0.3, -0.25) is 9.59 Å². The molecule has 4 amide bonds. The Balaban J connectivity index is 1.40. The van der Waals surface area contributed by atoms with Crippen molar-refractivity contribution in [3.05, 3.63) is 65.2 Å². The smallest absolute Gasteiger partial charge is 0.319 e. The zero-order valence-corrected chi connectivity index (χ0v) is 17.4. The molecule has 1 heterocycles. The second-order valence-electron chi connectivity index (χ2n) is 7.60. The highest BCUT2D eigenvalue weighted by atomic mass is 16.2. The Morgan fingerprint density at radius 2 is 1.67 bits per heavy atom. The van der Waals surface area contributed by atoms with Gasteiger partial charge in [-0.1, -0.05) is 24.3 Å². The fraction of sp³-hybridized carbons (Fsp3) is 0.348. The Kier molecular flexibility index (Phi) is 7.06. The SMILES string of the molecule is Cc1ccc(C(=O)NCC(=O)N2CCC(NC(=O)Nc3ccccc3)CC2)cc1C. The molecule has 0 aromatic heterocycles. The van der Waals surface area contributed by atoms with Gasteiger partial charge in [-0.15, -0.1) is 0 Å². The molecule has 0 radical (unpaired) electrons. The van der Waals surface area contributed by atoms with Crippen LogP contribution in [0, 0.1) is 13.8 Å². The van der Waals surface area contributed by atoms with E-state index in [2.05, 4.69) is 16.0 Å². The molecule has 3 N–H and O–H groups in total. The molecule has 1 aliphatic rings. The van der Waals surface area contributed by atoms with Crippen LogP contribution in [0.15, 0.2) is 48.5 Å². The third-order valence-electron chi connectivity index (χ3n) is 5.38. The van der Waals surface area contributed by atoms with E-state index in [0.717, 1.165) is 16.8 Å². The van der Waals surface area contributed by atoms with Gasteiger partial charge in [0.15, 0.2) is 0 Å². The molecule has 7 nitrogen and oxygen atoms in total. The number of para-hydroxylation sites is 1. The van der Waals surface area contributed by atoms with E-state index in [1.165, 1.54) is 0 Å². The molecule has 1 fully saturated rings. The predicted octanol–water partition coefficient (Wildman–Crippen LogP) is 2.85. The third-order valence-corrected chi connectivity index (χ3v) is 5.38. The number of piperidine rings is 1. The number of benzene rings is 2. The summed E-state index contributed by atoms with van der Waals surface area (Å²) in [6.07, 6.45) is 1.36. The summed E-state index contributed by atoms with van der Waals surface area (Å²) in [6, 6.07) is 14.5. The lowest BCUT2D eigenvalue weighted by molar-refractivity contribution is -0.131. The maximum absolute atomic E-state index is 12.4. The lowest BCUT2D eigenvalue weighted by atomic mass is 10.0. The fourth-order valence-corrected chi connectivity index (χ4v) is 3.40. The number of amides is 4. The summed E-state index contributed by atoms with van der Waals surface area (Å²) in [4.78, 5) is 38.6. The van der Waals surface area contributed by atoms with Crippen LogP contribution in [-0.4, -0.2) is 48.4 Å². The number of aryl methyl sites for hydroxylation is 2. The van der Waals surface area contributed by atoms with Gasteiger partial charge in [-0.05, 0) is 62.1 Å². The number of hydrogen-bond acceptors (Lipinski definition) is 3. The highest BCUT2D eigenvalue weighted by Crippen LogP contribution is 2.12. The van der Waals surface area contributed by atoms with Crippen LogP contribution in [0.3, 0.4) is 0 Å². The number of likely N-dealkylation sites (tertiary alicyclic amines) is 1. The Morgan fingerprint density at radius 1 is 0.967 bits per heavy atom. The second-order valence-corrected chi connectivity index (χ2v) is 7.60. The van der Waals surface area contributed by atoms with Crippen molar-refractivity contribution in [2.45, 2.75) is 32.7 Å². The number of carbonyl (C=O) groups excluding carboxylic acids is 3. The summed E-state index contributed by atoms with van der Waals surface area (Å²) in [5, 5.41) is 8.45. The highest BCUT2D eigenvalue weighted by molar-refractivity contribution is 5.96. The van der Waals surface area contributed by atoms with Gasteiger partial charge in [0.2, 0.25) is 5.91 Å². The molecule has 3 rings (SSSR count). The molecular weight excluding hydrogens is 380 g/mol. The first-order valence-corrected chi connectivity index (χ1v) is 10.2. The minimum atomic E-state index is -0.249. The van der Waals surface area contributed by atoms with Crippen molar-refractivity contribution in [1.82, 2.24) is 15.5 Å². The highest BCUT2D eigenvalue weighted by Gasteiger charge is 2.24. The lowest BCUT2D eigenvalue weighted by Crippen LogP contribution is -2.49. The van der Waals surface area contributed by atoms with Crippen molar-refractivity contribution in [1.29, 1.82) is 0 Å². The van der Waals surface area contributed by atoms with Gasteiger partial charge in [-0.25, -0.2) is 4.79 Å². The van der Waals surface area contributed by atoms with Crippen LogP contribution in [0.4, 0.5) is 10.5 Å². The number of hydrogen-bond donors (Lipinski definition) is 3. The van der Waals surface area contributed by atoms with Crippen molar-refractivity contribution in [3.8, 4) is 0 Å². The summed E-state index contributed by atoms with van der Waals surface area (Å²) < 4.78 is 0. The maximum Gasteiger partial charge on any atom is 0.319 e. The second kappa shape index (κ2) is 9.91. The largest absolute Gasteiger partial charge is 0.343 e. The monoisotopic (exact) mass is 408 g/mol. The zero-order valence-electron chi connectivity index (χ0n) is 17.4. The maximum atomic E-state index is 12.4. The molecule has 0 saturated carbocycles. The predicted molar refractivity (Wildman–Crippen MR) is 116 cm³/mol. The van der Waals surface area contributed by atoms with Gasteiger partial charge in [0, 0.05) is 30.4 Å². The topological polar surface area (TPSA) is 90.5 Å². The first-order chi connectivity index (χ1) is 14.4. The summed E-state index contributed by atoms with van der Waals surface area (Å²) in [7, 11) is 0. The number of urea groups is 1. The van der Waals surface area contributed by atoms with Crippen LogP contribution in [0.5, 0.6) is 0 Å².